The summed E-state index contributed by atoms with van der Waals surface area (Å²) >= 11 is 0. The zero-order valence-electron chi connectivity index (χ0n) is 9.26. The summed E-state index contributed by atoms with van der Waals surface area (Å²) in [5.74, 6) is 0.0720. The van der Waals surface area contributed by atoms with Crippen molar-refractivity contribution in [3.63, 3.8) is 0 Å². The number of hydrogen-bond donors (Lipinski definition) is 1. The van der Waals surface area contributed by atoms with Crippen LogP contribution in [0.4, 0.5) is 0 Å². The van der Waals surface area contributed by atoms with E-state index in [1.165, 1.54) is 5.56 Å². The van der Waals surface area contributed by atoms with Gasteiger partial charge in [-0.25, -0.2) is 0 Å². The molecule has 3 rings (SSSR count). The molecule has 0 radical (unpaired) electrons. The fourth-order valence-corrected chi connectivity index (χ4v) is 2.57. The minimum absolute atomic E-state index is 0.0720. The van der Waals surface area contributed by atoms with Gasteiger partial charge >= 0.3 is 0 Å². The van der Waals surface area contributed by atoms with E-state index in [-0.39, 0.29) is 18.1 Å². The molecule has 0 spiro atoms. The average molecular weight is 217 g/mol. The number of aliphatic hydroxyl groups excluding tert-OH is 1. The van der Waals surface area contributed by atoms with Crippen molar-refractivity contribution in [3.8, 4) is 0 Å². The Bertz CT molecular complexity index is 424. The molecule has 1 fully saturated rings. The standard InChI is InChI=1S/C13H15NO2/c1-8-2-4-9(5-3-8)13-12-10(15)6-7-11(12)16-14-13/h2-5,10-12,15H,6-7H2,1H3/t10-,11-,12+/m0/s1. The van der Waals surface area contributed by atoms with Gasteiger partial charge in [0.05, 0.1) is 17.7 Å². The molecule has 1 heterocycles. The first kappa shape index (κ1) is 9.85. The number of hydrogen-bond acceptors (Lipinski definition) is 3. The molecular weight excluding hydrogens is 202 g/mol. The summed E-state index contributed by atoms with van der Waals surface area (Å²) < 4.78 is 0. The summed E-state index contributed by atoms with van der Waals surface area (Å²) in [6, 6.07) is 8.22. The first-order valence-corrected chi connectivity index (χ1v) is 5.74. The molecule has 1 saturated carbocycles. The molecule has 0 amide bonds. The smallest absolute Gasteiger partial charge is 0.138 e. The molecule has 3 atom stereocenters. The lowest BCUT2D eigenvalue weighted by atomic mass is 9.92. The third-order valence-corrected chi connectivity index (χ3v) is 3.51. The number of oxime groups is 1. The Morgan fingerprint density at radius 3 is 2.75 bits per heavy atom. The van der Waals surface area contributed by atoms with Gasteiger partial charge < -0.3 is 9.94 Å². The van der Waals surface area contributed by atoms with Crippen LogP contribution >= 0.6 is 0 Å². The van der Waals surface area contributed by atoms with Crippen molar-refractivity contribution in [1.82, 2.24) is 0 Å². The second-order valence-electron chi connectivity index (χ2n) is 4.66. The van der Waals surface area contributed by atoms with Gasteiger partial charge in [-0.05, 0) is 25.3 Å². The van der Waals surface area contributed by atoms with Gasteiger partial charge in [-0.3, -0.25) is 0 Å². The van der Waals surface area contributed by atoms with Gasteiger partial charge in [0.25, 0.3) is 0 Å². The van der Waals surface area contributed by atoms with Crippen molar-refractivity contribution in [3.05, 3.63) is 35.4 Å². The Morgan fingerprint density at radius 1 is 1.25 bits per heavy atom. The number of nitrogens with zero attached hydrogens (tertiary/aromatic N) is 1. The molecule has 2 aliphatic rings. The van der Waals surface area contributed by atoms with Crippen molar-refractivity contribution >= 4 is 5.71 Å². The van der Waals surface area contributed by atoms with E-state index in [0.29, 0.717) is 0 Å². The molecule has 1 N–H and O–H groups in total. The molecule has 0 unspecified atom stereocenters. The van der Waals surface area contributed by atoms with Gasteiger partial charge in [0.1, 0.15) is 6.10 Å². The Balaban J connectivity index is 1.93. The molecule has 1 aromatic rings. The molecular formula is C13H15NO2. The van der Waals surface area contributed by atoms with Crippen molar-refractivity contribution in [2.24, 2.45) is 11.1 Å². The van der Waals surface area contributed by atoms with Crippen molar-refractivity contribution in [1.29, 1.82) is 0 Å². The van der Waals surface area contributed by atoms with E-state index in [1.807, 2.05) is 12.1 Å². The SMILES string of the molecule is Cc1ccc(C2=NO[C@H]3CC[C@H](O)[C@@H]23)cc1. The lowest BCUT2D eigenvalue weighted by Crippen LogP contribution is -2.27. The molecule has 0 saturated heterocycles. The lowest BCUT2D eigenvalue weighted by Gasteiger charge is -2.13. The van der Waals surface area contributed by atoms with Gasteiger partial charge in [0.2, 0.25) is 0 Å². The summed E-state index contributed by atoms with van der Waals surface area (Å²) in [6.45, 7) is 2.06. The van der Waals surface area contributed by atoms with Crippen LogP contribution in [0.2, 0.25) is 0 Å². The summed E-state index contributed by atoms with van der Waals surface area (Å²) in [7, 11) is 0. The summed E-state index contributed by atoms with van der Waals surface area (Å²) in [5.41, 5.74) is 3.21. The molecule has 16 heavy (non-hydrogen) atoms. The predicted molar refractivity (Wildman–Crippen MR) is 61.3 cm³/mol. The van der Waals surface area contributed by atoms with E-state index < -0.39 is 0 Å². The summed E-state index contributed by atoms with van der Waals surface area (Å²) in [5, 5.41) is 14.1. The molecule has 3 nitrogen and oxygen atoms in total. The topological polar surface area (TPSA) is 41.8 Å². The molecule has 1 aromatic carbocycles. The highest BCUT2D eigenvalue weighted by atomic mass is 16.6. The third kappa shape index (κ3) is 1.43. The van der Waals surface area contributed by atoms with Crippen LogP contribution in [0.25, 0.3) is 0 Å². The molecule has 1 aliphatic heterocycles. The van der Waals surface area contributed by atoms with E-state index in [4.69, 9.17) is 4.84 Å². The van der Waals surface area contributed by atoms with Crippen LogP contribution in [0.3, 0.4) is 0 Å². The van der Waals surface area contributed by atoms with Crippen LogP contribution in [0.1, 0.15) is 24.0 Å². The van der Waals surface area contributed by atoms with Crippen molar-refractivity contribution in [2.45, 2.75) is 32.0 Å². The van der Waals surface area contributed by atoms with Crippen LogP contribution in [-0.4, -0.2) is 23.0 Å². The Morgan fingerprint density at radius 2 is 2.00 bits per heavy atom. The second-order valence-corrected chi connectivity index (χ2v) is 4.66. The van der Waals surface area contributed by atoms with Crippen molar-refractivity contribution < 1.29 is 9.94 Å². The maximum atomic E-state index is 9.92. The summed E-state index contributed by atoms with van der Waals surface area (Å²) in [4.78, 5) is 5.37. The maximum Gasteiger partial charge on any atom is 0.138 e. The molecule has 0 bridgehead atoms. The second kappa shape index (κ2) is 3.59. The maximum absolute atomic E-state index is 9.92. The van der Waals surface area contributed by atoms with Gasteiger partial charge in [-0.1, -0.05) is 35.0 Å². The minimum atomic E-state index is -0.299. The Kier molecular flexibility index (Phi) is 2.21. The fraction of sp³-hybridized carbons (Fsp3) is 0.462. The number of aliphatic hydroxyl groups is 1. The largest absolute Gasteiger partial charge is 0.392 e. The highest BCUT2D eigenvalue weighted by Crippen LogP contribution is 2.36. The fourth-order valence-electron chi connectivity index (χ4n) is 2.57. The minimum Gasteiger partial charge on any atom is -0.392 e. The van der Waals surface area contributed by atoms with Crippen LogP contribution < -0.4 is 0 Å². The summed E-state index contributed by atoms with van der Waals surface area (Å²) in [6.07, 6.45) is 1.52. The first-order chi connectivity index (χ1) is 7.75. The Labute approximate surface area is 94.7 Å². The predicted octanol–water partition coefficient (Wildman–Crippen LogP) is 1.87. The van der Waals surface area contributed by atoms with Gasteiger partial charge in [-0.15, -0.1) is 0 Å². The van der Waals surface area contributed by atoms with E-state index >= 15 is 0 Å². The molecule has 3 heteroatoms. The van der Waals surface area contributed by atoms with Crippen molar-refractivity contribution in [2.75, 3.05) is 0 Å². The van der Waals surface area contributed by atoms with Crippen LogP contribution in [0.15, 0.2) is 29.4 Å². The third-order valence-electron chi connectivity index (χ3n) is 3.51. The average Bonchev–Trinajstić information content (AvgIpc) is 2.84. The van der Waals surface area contributed by atoms with E-state index in [9.17, 15) is 5.11 Å². The van der Waals surface area contributed by atoms with E-state index in [1.54, 1.807) is 0 Å². The number of fused-ring (bicyclic) bond motifs is 1. The van der Waals surface area contributed by atoms with Gasteiger partial charge in [0, 0.05) is 0 Å². The zero-order valence-corrected chi connectivity index (χ0v) is 9.26. The van der Waals surface area contributed by atoms with Crippen LogP contribution in [0.5, 0.6) is 0 Å². The molecule has 1 aliphatic carbocycles. The first-order valence-electron chi connectivity index (χ1n) is 5.74. The monoisotopic (exact) mass is 217 g/mol. The van der Waals surface area contributed by atoms with E-state index in [2.05, 4.69) is 24.2 Å². The van der Waals surface area contributed by atoms with E-state index in [0.717, 1.165) is 24.1 Å². The number of benzene rings is 1. The van der Waals surface area contributed by atoms with Gasteiger partial charge in [-0.2, -0.15) is 0 Å². The number of rotatable bonds is 1. The quantitative estimate of drug-likeness (QED) is 0.780. The lowest BCUT2D eigenvalue weighted by molar-refractivity contribution is 0.0583. The van der Waals surface area contributed by atoms with Gasteiger partial charge in [0.15, 0.2) is 0 Å². The van der Waals surface area contributed by atoms with Crippen LogP contribution in [-0.2, 0) is 4.84 Å². The zero-order chi connectivity index (χ0) is 11.1. The highest BCUT2D eigenvalue weighted by Gasteiger charge is 2.44. The Hall–Kier alpha value is -1.35. The number of aryl methyl sites for hydroxylation is 1. The normalized spacial score (nSPS) is 32.1. The molecule has 84 valence electrons. The highest BCUT2D eigenvalue weighted by molar-refractivity contribution is 6.03. The molecule has 0 aromatic heterocycles. The van der Waals surface area contributed by atoms with Crippen LogP contribution in [0, 0.1) is 12.8 Å².